The lowest BCUT2D eigenvalue weighted by Gasteiger charge is -1.94. The second kappa shape index (κ2) is 5.36. The van der Waals surface area contributed by atoms with Crippen molar-refractivity contribution in [3.05, 3.63) is 0 Å². The third-order valence-electron chi connectivity index (χ3n) is 0.951. The molecule has 0 bridgehead atoms. The van der Waals surface area contributed by atoms with Crippen LogP contribution < -0.4 is 0 Å². The smallest absolute Gasteiger partial charge is 0.0978 e. The third-order valence-corrected chi connectivity index (χ3v) is 1.85. The zero-order valence-electron chi connectivity index (χ0n) is 5.02. The minimum atomic E-state index is 0.229. The van der Waals surface area contributed by atoms with Gasteiger partial charge in [-0.3, -0.25) is 0 Å². The number of nitriles is 1. The van der Waals surface area contributed by atoms with Crippen molar-refractivity contribution in [1.29, 1.82) is 5.26 Å². The summed E-state index contributed by atoms with van der Waals surface area (Å²) < 4.78 is 0.229. The van der Waals surface area contributed by atoms with E-state index in [9.17, 15) is 0 Å². The van der Waals surface area contributed by atoms with Gasteiger partial charge in [-0.1, -0.05) is 42.4 Å². The highest BCUT2D eigenvalue weighted by atomic mass is 127. The van der Waals surface area contributed by atoms with Crippen LogP contribution in [0.4, 0.5) is 0 Å². The van der Waals surface area contributed by atoms with Gasteiger partial charge in [-0.25, -0.2) is 0 Å². The molecule has 0 N–H and O–H groups in total. The SMILES string of the molecule is CCCCC(I)C#N. The van der Waals surface area contributed by atoms with Gasteiger partial charge in [0.15, 0.2) is 0 Å². The summed E-state index contributed by atoms with van der Waals surface area (Å²) in [5.41, 5.74) is 0. The van der Waals surface area contributed by atoms with Gasteiger partial charge >= 0.3 is 0 Å². The van der Waals surface area contributed by atoms with E-state index >= 15 is 0 Å². The Bertz CT molecular complexity index is 85.0. The molecule has 0 amide bonds. The molecule has 0 aliphatic heterocycles. The van der Waals surface area contributed by atoms with Crippen LogP contribution in [0.15, 0.2) is 0 Å². The Morgan fingerprint density at radius 3 is 2.75 bits per heavy atom. The Morgan fingerprint density at radius 2 is 2.38 bits per heavy atom. The lowest BCUT2D eigenvalue weighted by atomic mass is 10.2. The minimum absolute atomic E-state index is 0.229. The number of hydrogen-bond acceptors (Lipinski definition) is 1. The highest BCUT2D eigenvalue weighted by Crippen LogP contribution is 2.07. The lowest BCUT2D eigenvalue weighted by Crippen LogP contribution is -1.90. The van der Waals surface area contributed by atoms with Crippen LogP contribution in [-0.2, 0) is 0 Å². The standard InChI is InChI=1S/C6H10IN/c1-2-3-4-6(7)5-8/h6H,2-4H2,1H3. The van der Waals surface area contributed by atoms with Crippen LogP contribution in [0.5, 0.6) is 0 Å². The van der Waals surface area contributed by atoms with E-state index in [0.717, 1.165) is 6.42 Å². The first-order valence-electron chi connectivity index (χ1n) is 2.85. The van der Waals surface area contributed by atoms with Gasteiger partial charge in [0, 0.05) is 0 Å². The fourth-order valence-electron chi connectivity index (χ4n) is 0.448. The van der Waals surface area contributed by atoms with E-state index in [2.05, 4.69) is 35.6 Å². The number of alkyl halides is 1. The Morgan fingerprint density at radius 1 is 1.75 bits per heavy atom. The number of unbranched alkanes of at least 4 members (excludes halogenated alkanes) is 1. The minimum Gasteiger partial charge on any atom is -0.197 e. The topological polar surface area (TPSA) is 23.8 Å². The predicted octanol–water partition coefficient (Wildman–Crippen LogP) is 2.50. The molecular weight excluding hydrogens is 213 g/mol. The van der Waals surface area contributed by atoms with E-state index < -0.39 is 0 Å². The number of rotatable bonds is 3. The van der Waals surface area contributed by atoms with Gasteiger partial charge in [0.05, 0.1) is 9.99 Å². The van der Waals surface area contributed by atoms with Crippen LogP contribution in [0.2, 0.25) is 0 Å². The van der Waals surface area contributed by atoms with Crippen LogP contribution in [0, 0.1) is 11.3 Å². The normalized spacial score (nSPS) is 12.6. The van der Waals surface area contributed by atoms with Gasteiger partial charge < -0.3 is 0 Å². The van der Waals surface area contributed by atoms with Gasteiger partial charge in [-0.15, -0.1) is 0 Å². The maximum absolute atomic E-state index is 8.30. The van der Waals surface area contributed by atoms with Gasteiger partial charge in [0.2, 0.25) is 0 Å². The maximum Gasteiger partial charge on any atom is 0.0978 e. The average molecular weight is 223 g/mol. The number of nitrogens with zero attached hydrogens (tertiary/aromatic N) is 1. The molecule has 46 valence electrons. The predicted molar refractivity (Wildman–Crippen MR) is 42.9 cm³/mol. The maximum atomic E-state index is 8.30. The summed E-state index contributed by atoms with van der Waals surface area (Å²) in [6.07, 6.45) is 3.43. The van der Waals surface area contributed by atoms with E-state index in [-0.39, 0.29) is 3.92 Å². The van der Waals surface area contributed by atoms with Crippen molar-refractivity contribution in [3.63, 3.8) is 0 Å². The summed E-state index contributed by atoms with van der Waals surface area (Å²) in [5.74, 6) is 0. The fourth-order valence-corrected chi connectivity index (χ4v) is 0.888. The van der Waals surface area contributed by atoms with Crippen LogP contribution in [0.1, 0.15) is 26.2 Å². The van der Waals surface area contributed by atoms with Gasteiger partial charge in [0.1, 0.15) is 0 Å². The summed E-state index contributed by atoms with van der Waals surface area (Å²) in [5, 5.41) is 8.30. The van der Waals surface area contributed by atoms with Crippen molar-refractivity contribution in [2.24, 2.45) is 0 Å². The molecule has 2 heteroatoms. The molecule has 0 saturated carbocycles. The Hall–Kier alpha value is 0.220. The third kappa shape index (κ3) is 4.38. The first-order chi connectivity index (χ1) is 3.81. The van der Waals surface area contributed by atoms with Crippen molar-refractivity contribution in [2.75, 3.05) is 0 Å². The molecule has 0 aromatic carbocycles. The second-order valence-corrected chi connectivity index (χ2v) is 3.24. The summed E-state index contributed by atoms with van der Waals surface area (Å²) in [7, 11) is 0. The van der Waals surface area contributed by atoms with Crippen molar-refractivity contribution in [1.82, 2.24) is 0 Å². The molecule has 0 spiro atoms. The first kappa shape index (κ1) is 8.22. The van der Waals surface area contributed by atoms with Crippen LogP contribution >= 0.6 is 22.6 Å². The quantitative estimate of drug-likeness (QED) is 0.532. The lowest BCUT2D eigenvalue weighted by molar-refractivity contribution is 0.752. The first-order valence-corrected chi connectivity index (χ1v) is 4.09. The van der Waals surface area contributed by atoms with E-state index in [1.54, 1.807) is 0 Å². The molecule has 0 aromatic heterocycles. The molecule has 0 rings (SSSR count). The molecule has 0 saturated heterocycles. The molecule has 0 radical (unpaired) electrons. The summed E-state index contributed by atoms with van der Waals surface area (Å²) in [6, 6.07) is 2.19. The molecule has 0 aromatic rings. The highest BCUT2D eigenvalue weighted by molar-refractivity contribution is 14.1. The number of halogens is 1. The van der Waals surface area contributed by atoms with Crippen molar-refractivity contribution in [2.45, 2.75) is 30.1 Å². The molecule has 1 atom stereocenters. The summed E-state index contributed by atoms with van der Waals surface area (Å²) in [4.78, 5) is 0. The summed E-state index contributed by atoms with van der Waals surface area (Å²) in [6.45, 7) is 2.14. The fraction of sp³-hybridized carbons (Fsp3) is 0.833. The zero-order chi connectivity index (χ0) is 6.41. The van der Waals surface area contributed by atoms with Crippen molar-refractivity contribution >= 4 is 22.6 Å². The zero-order valence-corrected chi connectivity index (χ0v) is 7.18. The van der Waals surface area contributed by atoms with Gasteiger partial charge in [-0.2, -0.15) is 5.26 Å². The van der Waals surface area contributed by atoms with E-state index in [1.165, 1.54) is 12.8 Å². The Kier molecular flexibility index (Phi) is 5.51. The molecular formula is C6H10IN. The van der Waals surface area contributed by atoms with Crippen LogP contribution in [0.3, 0.4) is 0 Å². The number of hydrogen-bond donors (Lipinski definition) is 0. The van der Waals surface area contributed by atoms with Crippen molar-refractivity contribution < 1.29 is 0 Å². The largest absolute Gasteiger partial charge is 0.197 e. The molecule has 1 unspecified atom stereocenters. The van der Waals surface area contributed by atoms with E-state index in [0.29, 0.717) is 0 Å². The van der Waals surface area contributed by atoms with E-state index in [4.69, 9.17) is 5.26 Å². The van der Waals surface area contributed by atoms with Gasteiger partial charge in [-0.05, 0) is 6.42 Å². The Labute approximate surface area is 64.2 Å². The second-order valence-electron chi connectivity index (χ2n) is 1.74. The monoisotopic (exact) mass is 223 g/mol. The average Bonchev–Trinajstić information content (AvgIpc) is 1.83. The molecule has 0 aliphatic rings. The molecule has 0 aliphatic carbocycles. The molecule has 0 fully saturated rings. The van der Waals surface area contributed by atoms with Crippen molar-refractivity contribution in [3.8, 4) is 6.07 Å². The van der Waals surface area contributed by atoms with Crippen LogP contribution in [0.25, 0.3) is 0 Å². The Balaban J connectivity index is 3.02. The van der Waals surface area contributed by atoms with E-state index in [1.807, 2.05) is 0 Å². The van der Waals surface area contributed by atoms with Crippen LogP contribution in [-0.4, -0.2) is 3.92 Å². The molecule has 1 nitrogen and oxygen atoms in total. The summed E-state index contributed by atoms with van der Waals surface area (Å²) >= 11 is 2.17. The molecule has 8 heavy (non-hydrogen) atoms. The van der Waals surface area contributed by atoms with Gasteiger partial charge in [0.25, 0.3) is 0 Å². The highest BCUT2D eigenvalue weighted by Gasteiger charge is 1.97. The molecule has 0 heterocycles.